The number of amides is 2. The number of halogens is 4. The highest BCUT2D eigenvalue weighted by Crippen LogP contribution is 2.60. The molecule has 2 saturated carbocycles. The van der Waals surface area contributed by atoms with Gasteiger partial charge in [0.05, 0.1) is 21.7 Å². The molecule has 0 heterocycles. The van der Waals surface area contributed by atoms with Crippen LogP contribution in [0.5, 0.6) is 11.5 Å². The summed E-state index contributed by atoms with van der Waals surface area (Å²) in [4.78, 5) is 24.9. The third kappa shape index (κ3) is 4.92. The summed E-state index contributed by atoms with van der Waals surface area (Å²) in [5.74, 6) is -2.16. The van der Waals surface area contributed by atoms with Gasteiger partial charge in [-0.25, -0.2) is 8.78 Å². The molecule has 4 atom stereocenters. The molecule has 7 nitrogen and oxygen atoms in total. The highest BCUT2D eigenvalue weighted by atomic mass is 35.5. The minimum atomic E-state index is -0.987. The lowest BCUT2D eigenvalue weighted by molar-refractivity contribution is -0.126. The van der Waals surface area contributed by atoms with E-state index in [1.165, 1.54) is 24.3 Å². The first-order chi connectivity index (χ1) is 16.0. The van der Waals surface area contributed by atoms with E-state index < -0.39 is 40.6 Å². The molecule has 2 amide bonds. The number of aliphatic hydroxyl groups is 1. The summed E-state index contributed by atoms with van der Waals surface area (Å²) < 4.78 is 37.7. The maximum absolute atomic E-state index is 13.5. The van der Waals surface area contributed by atoms with Crippen molar-refractivity contribution in [2.75, 3.05) is 13.2 Å². The number of carbonyl (C=O) groups excluding carboxylic acids is 2. The maximum atomic E-state index is 13.5. The zero-order chi connectivity index (χ0) is 24.7. The van der Waals surface area contributed by atoms with Crippen molar-refractivity contribution in [1.82, 2.24) is 10.6 Å². The van der Waals surface area contributed by atoms with Crippen LogP contribution in [0.1, 0.15) is 19.8 Å². The van der Waals surface area contributed by atoms with E-state index >= 15 is 0 Å². The van der Waals surface area contributed by atoms with E-state index in [1.807, 2.05) is 0 Å². The Hall–Kier alpha value is -2.62. The summed E-state index contributed by atoms with van der Waals surface area (Å²) in [5, 5.41) is 16.2. The maximum Gasteiger partial charge on any atom is 0.258 e. The van der Waals surface area contributed by atoms with E-state index in [0.717, 1.165) is 12.1 Å². The number of fused-ring (bicyclic) bond motifs is 1. The van der Waals surface area contributed by atoms with Crippen molar-refractivity contribution in [3.63, 3.8) is 0 Å². The number of nitrogens with one attached hydrogen (secondary N) is 2. The fraction of sp³-hybridized carbons (Fsp3) is 0.391. The molecule has 2 aliphatic carbocycles. The minimum absolute atomic E-state index is 0.0523. The Morgan fingerprint density at radius 3 is 1.97 bits per heavy atom. The van der Waals surface area contributed by atoms with Gasteiger partial charge in [-0.2, -0.15) is 0 Å². The Balaban J connectivity index is 1.29. The van der Waals surface area contributed by atoms with Crippen molar-refractivity contribution < 1.29 is 33.0 Å². The van der Waals surface area contributed by atoms with Crippen molar-refractivity contribution in [3.8, 4) is 11.5 Å². The van der Waals surface area contributed by atoms with Gasteiger partial charge in [0, 0.05) is 23.6 Å². The van der Waals surface area contributed by atoms with Gasteiger partial charge in [0.25, 0.3) is 11.8 Å². The lowest BCUT2D eigenvalue weighted by Gasteiger charge is -2.31. The van der Waals surface area contributed by atoms with Gasteiger partial charge >= 0.3 is 0 Å². The molecule has 11 heteroatoms. The number of aliphatic hydroxyl groups excluding tert-OH is 1. The number of ether oxygens (including phenoxy) is 2. The van der Waals surface area contributed by atoms with Crippen molar-refractivity contribution in [2.24, 2.45) is 5.92 Å². The first kappa shape index (κ1) is 24.5. The predicted octanol–water partition coefficient (Wildman–Crippen LogP) is 3.24. The van der Waals surface area contributed by atoms with Crippen LogP contribution in [0.4, 0.5) is 8.78 Å². The number of carbonyl (C=O) groups is 2. The van der Waals surface area contributed by atoms with Crippen LogP contribution in [-0.4, -0.2) is 47.3 Å². The fourth-order valence-corrected chi connectivity index (χ4v) is 4.78. The summed E-state index contributed by atoms with van der Waals surface area (Å²) in [7, 11) is 0. The zero-order valence-electron chi connectivity index (χ0n) is 18.0. The van der Waals surface area contributed by atoms with Gasteiger partial charge in [-0.1, -0.05) is 23.2 Å². The normalized spacial score (nSPS) is 27.0. The van der Waals surface area contributed by atoms with Crippen molar-refractivity contribution in [1.29, 1.82) is 0 Å². The van der Waals surface area contributed by atoms with Gasteiger partial charge in [0.1, 0.15) is 23.1 Å². The van der Waals surface area contributed by atoms with Crippen molar-refractivity contribution >= 4 is 35.0 Å². The van der Waals surface area contributed by atoms with Crippen LogP contribution >= 0.6 is 23.2 Å². The molecule has 0 aliphatic heterocycles. The Morgan fingerprint density at radius 2 is 1.47 bits per heavy atom. The molecule has 3 N–H and O–H groups in total. The van der Waals surface area contributed by atoms with E-state index in [2.05, 4.69) is 10.6 Å². The molecular formula is C23H22Cl2F2N2O5. The highest BCUT2D eigenvalue weighted by molar-refractivity contribution is 6.31. The van der Waals surface area contributed by atoms with E-state index in [1.54, 1.807) is 6.92 Å². The number of hydrogen-bond acceptors (Lipinski definition) is 5. The first-order valence-electron chi connectivity index (χ1n) is 10.5. The van der Waals surface area contributed by atoms with Gasteiger partial charge in [0.15, 0.2) is 13.2 Å². The lowest BCUT2D eigenvalue weighted by Crippen LogP contribution is -2.55. The second kappa shape index (κ2) is 9.20. The number of hydrogen-bond donors (Lipinski definition) is 3. The van der Waals surface area contributed by atoms with Crippen LogP contribution in [0.2, 0.25) is 10.0 Å². The average molecular weight is 515 g/mol. The molecule has 2 aliphatic rings. The molecule has 1 unspecified atom stereocenters. The van der Waals surface area contributed by atoms with Crippen LogP contribution in [0, 0.1) is 17.6 Å². The Labute approximate surface area is 204 Å². The molecule has 2 aromatic rings. The van der Waals surface area contributed by atoms with Crippen LogP contribution in [0.25, 0.3) is 0 Å². The Kier molecular flexibility index (Phi) is 6.63. The first-order valence-corrected chi connectivity index (χ1v) is 11.2. The largest absolute Gasteiger partial charge is 0.484 e. The topological polar surface area (TPSA) is 96.9 Å². The van der Waals surface area contributed by atoms with E-state index in [-0.39, 0.29) is 47.1 Å². The summed E-state index contributed by atoms with van der Waals surface area (Å²) in [6, 6.07) is 7.69. The molecule has 0 radical (unpaired) electrons. The predicted molar refractivity (Wildman–Crippen MR) is 120 cm³/mol. The van der Waals surface area contributed by atoms with Gasteiger partial charge in [0.2, 0.25) is 0 Å². The SMILES string of the molecule is C[C@@]1(NC(=O)COc2ccc(Cl)c(F)c2)[C@@H]2CC2(NC(=O)COc2ccc(Cl)c(F)c2)C[C@@H]1O. The van der Waals surface area contributed by atoms with Crippen LogP contribution in [0.15, 0.2) is 36.4 Å². The summed E-state index contributed by atoms with van der Waals surface area (Å²) >= 11 is 11.3. The third-order valence-electron chi connectivity index (χ3n) is 6.37. The smallest absolute Gasteiger partial charge is 0.258 e. The van der Waals surface area contributed by atoms with Crippen LogP contribution in [-0.2, 0) is 9.59 Å². The molecule has 0 saturated heterocycles. The summed E-state index contributed by atoms with van der Waals surface area (Å²) in [6.45, 7) is 0.969. The fourth-order valence-electron chi connectivity index (χ4n) is 4.55. The molecule has 2 fully saturated rings. The standard InChI is InChI=1S/C23H22Cl2F2N2O5/c1-22(28-20(31)10-33-12-2-4-14(24)16(26)6-12)18-8-23(18,9-19(22)30)29-21(32)11-34-13-3-5-15(25)17(27)7-13/h2-7,18-19,30H,8-11H2,1H3,(H,28,31)(H,29,32)/t18-,19-,22+,23?/m0/s1. The second-order valence-electron chi connectivity index (χ2n) is 8.74. The third-order valence-corrected chi connectivity index (χ3v) is 6.98. The molecule has 0 aromatic heterocycles. The van der Waals surface area contributed by atoms with E-state index in [9.17, 15) is 23.5 Å². The second-order valence-corrected chi connectivity index (χ2v) is 9.56. The molecule has 182 valence electrons. The molecular weight excluding hydrogens is 493 g/mol. The van der Waals surface area contributed by atoms with Gasteiger partial charge in [-0.05, 0) is 44.0 Å². The van der Waals surface area contributed by atoms with Crippen LogP contribution in [0.3, 0.4) is 0 Å². The minimum Gasteiger partial charge on any atom is -0.484 e. The molecule has 4 rings (SSSR count). The van der Waals surface area contributed by atoms with Crippen molar-refractivity contribution in [2.45, 2.75) is 36.9 Å². The van der Waals surface area contributed by atoms with Gasteiger partial charge in [-0.15, -0.1) is 0 Å². The monoisotopic (exact) mass is 514 g/mol. The Bertz CT molecular complexity index is 1140. The van der Waals surface area contributed by atoms with E-state index in [4.69, 9.17) is 32.7 Å². The summed E-state index contributed by atoms with van der Waals surface area (Å²) in [6.07, 6.45) is -0.0977. The van der Waals surface area contributed by atoms with Crippen LogP contribution < -0.4 is 20.1 Å². The molecule has 2 aromatic carbocycles. The number of benzene rings is 2. The van der Waals surface area contributed by atoms with Gasteiger partial charge in [-0.3, -0.25) is 9.59 Å². The zero-order valence-corrected chi connectivity index (χ0v) is 19.6. The molecule has 34 heavy (non-hydrogen) atoms. The number of rotatable bonds is 8. The quantitative estimate of drug-likeness (QED) is 0.502. The van der Waals surface area contributed by atoms with E-state index in [0.29, 0.717) is 6.42 Å². The van der Waals surface area contributed by atoms with Crippen molar-refractivity contribution in [3.05, 3.63) is 58.1 Å². The van der Waals surface area contributed by atoms with Gasteiger partial charge < -0.3 is 25.2 Å². The average Bonchev–Trinajstić information content (AvgIpc) is 3.44. The molecule has 0 bridgehead atoms. The Morgan fingerprint density at radius 1 is 0.971 bits per heavy atom. The molecule has 0 spiro atoms. The summed E-state index contributed by atoms with van der Waals surface area (Å²) in [5.41, 5.74) is -1.66. The lowest BCUT2D eigenvalue weighted by atomic mass is 9.92. The highest BCUT2D eigenvalue weighted by Gasteiger charge is 2.71.